The highest BCUT2D eigenvalue weighted by Crippen LogP contribution is 2.39. The van der Waals surface area contributed by atoms with Crippen LogP contribution in [0.2, 0.25) is 0 Å². The van der Waals surface area contributed by atoms with Gasteiger partial charge in [-0.1, -0.05) is 18.2 Å². The van der Waals surface area contributed by atoms with Crippen LogP contribution in [-0.2, 0) is 19.1 Å². The summed E-state index contributed by atoms with van der Waals surface area (Å²) in [5.74, 6) is -1.47. The van der Waals surface area contributed by atoms with Gasteiger partial charge in [-0.05, 0) is 38.1 Å². The SMILES string of the molecule is CCOC(=O)C1=C(N)OC(C)=C(C(=O)Nc2ccccc2)[C@H]1c1ccc[nH]1. The number of amides is 1. The van der Waals surface area contributed by atoms with Crippen LogP contribution in [0.4, 0.5) is 5.69 Å². The van der Waals surface area contributed by atoms with Gasteiger partial charge in [-0.3, -0.25) is 4.79 Å². The molecule has 1 amide bonds. The molecule has 1 atom stereocenters. The van der Waals surface area contributed by atoms with Crippen molar-refractivity contribution < 1.29 is 19.1 Å². The molecule has 1 aromatic heterocycles. The van der Waals surface area contributed by atoms with Crippen LogP contribution in [0.15, 0.2) is 71.4 Å². The number of H-pyrrole nitrogens is 1. The number of nitrogens with two attached hydrogens (primary N) is 1. The molecule has 1 aliphatic heterocycles. The fourth-order valence-electron chi connectivity index (χ4n) is 3.04. The van der Waals surface area contributed by atoms with Gasteiger partial charge in [0.1, 0.15) is 11.3 Å². The minimum atomic E-state index is -0.725. The zero-order valence-corrected chi connectivity index (χ0v) is 15.1. The van der Waals surface area contributed by atoms with E-state index in [2.05, 4.69) is 10.3 Å². The van der Waals surface area contributed by atoms with E-state index in [4.69, 9.17) is 15.2 Å². The number of anilines is 1. The minimum absolute atomic E-state index is 0.0678. The lowest BCUT2D eigenvalue weighted by Crippen LogP contribution is -2.31. The third-order valence-electron chi connectivity index (χ3n) is 4.19. The normalized spacial score (nSPS) is 16.7. The van der Waals surface area contributed by atoms with Gasteiger partial charge < -0.3 is 25.5 Å². The maximum absolute atomic E-state index is 13.0. The Morgan fingerprint density at radius 3 is 2.56 bits per heavy atom. The number of carbonyl (C=O) groups is 2. The fraction of sp³-hybridized carbons (Fsp3) is 0.200. The van der Waals surface area contributed by atoms with E-state index in [1.54, 1.807) is 44.3 Å². The molecule has 3 rings (SSSR count). The summed E-state index contributed by atoms with van der Waals surface area (Å²) in [6.45, 7) is 3.53. The van der Waals surface area contributed by atoms with Gasteiger partial charge in [-0.25, -0.2) is 4.79 Å². The van der Waals surface area contributed by atoms with Crippen molar-refractivity contribution in [3.63, 3.8) is 0 Å². The van der Waals surface area contributed by atoms with Crippen LogP contribution in [-0.4, -0.2) is 23.5 Å². The zero-order chi connectivity index (χ0) is 19.4. The summed E-state index contributed by atoms with van der Waals surface area (Å²) >= 11 is 0. The summed E-state index contributed by atoms with van der Waals surface area (Å²) in [7, 11) is 0. The minimum Gasteiger partial charge on any atom is -0.462 e. The number of carbonyl (C=O) groups excluding carboxylic acids is 2. The number of ether oxygens (including phenoxy) is 2. The van der Waals surface area contributed by atoms with Crippen LogP contribution >= 0.6 is 0 Å². The number of allylic oxidation sites excluding steroid dienone is 1. The van der Waals surface area contributed by atoms with Gasteiger partial charge in [-0.2, -0.15) is 0 Å². The molecule has 4 N–H and O–H groups in total. The average molecular weight is 367 g/mol. The van der Waals surface area contributed by atoms with Gasteiger partial charge in [0.2, 0.25) is 5.88 Å². The Hall–Kier alpha value is -3.48. The number of benzene rings is 1. The molecule has 0 saturated heterocycles. The predicted octanol–water partition coefficient (Wildman–Crippen LogP) is 2.77. The van der Waals surface area contributed by atoms with E-state index in [0.717, 1.165) is 0 Å². The molecule has 0 bridgehead atoms. The quantitative estimate of drug-likeness (QED) is 0.705. The van der Waals surface area contributed by atoms with Gasteiger partial charge in [0.05, 0.1) is 18.1 Å². The smallest absolute Gasteiger partial charge is 0.340 e. The van der Waals surface area contributed by atoms with E-state index in [9.17, 15) is 9.59 Å². The topological polar surface area (TPSA) is 106 Å². The molecule has 0 fully saturated rings. The number of aromatic amines is 1. The second-order valence-corrected chi connectivity index (χ2v) is 5.95. The number of esters is 1. The van der Waals surface area contributed by atoms with E-state index in [1.807, 2.05) is 18.2 Å². The van der Waals surface area contributed by atoms with Crippen molar-refractivity contribution in [1.82, 2.24) is 4.98 Å². The Balaban J connectivity index is 2.03. The van der Waals surface area contributed by atoms with Crippen molar-refractivity contribution in [2.24, 2.45) is 5.73 Å². The summed E-state index contributed by atoms with van der Waals surface area (Å²) in [6, 6.07) is 12.6. The van der Waals surface area contributed by atoms with Crippen LogP contribution in [0.5, 0.6) is 0 Å². The fourth-order valence-corrected chi connectivity index (χ4v) is 3.04. The van der Waals surface area contributed by atoms with E-state index in [0.29, 0.717) is 22.7 Å². The first-order valence-corrected chi connectivity index (χ1v) is 8.58. The molecule has 0 unspecified atom stereocenters. The van der Waals surface area contributed by atoms with Crippen molar-refractivity contribution in [3.05, 3.63) is 77.1 Å². The Kier molecular flexibility index (Phi) is 5.30. The standard InChI is InChI=1S/C20H21N3O4/c1-3-26-20(25)17-16(14-10-7-11-22-14)15(12(2)27-18(17)21)19(24)23-13-8-5-4-6-9-13/h4-11,16,22H,3,21H2,1-2H3,(H,23,24)/t16-/m1/s1. The highest BCUT2D eigenvalue weighted by atomic mass is 16.5. The third kappa shape index (κ3) is 3.72. The molecule has 0 aliphatic carbocycles. The summed E-state index contributed by atoms with van der Waals surface area (Å²) in [6.07, 6.45) is 1.71. The molecule has 7 heteroatoms. The first-order valence-electron chi connectivity index (χ1n) is 8.58. The van der Waals surface area contributed by atoms with Crippen molar-refractivity contribution in [1.29, 1.82) is 0 Å². The van der Waals surface area contributed by atoms with Crippen molar-refractivity contribution >= 4 is 17.6 Å². The van der Waals surface area contributed by atoms with Crippen LogP contribution in [0.1, 0.15) is 25.5 Å². The van der Waals surface area contributed by atoms with E-state index in [-0.39, 0.29) is 24.0 Å². The number of hydrogen-bond acceptors (Lipinski definition) is 5. The van der Waals surface area contributed by atoms with Gasteiger partial charge in [-0.15, -0.1) is 0 Å². The van der Waals surface area contributed by atoms with Crippen LogP contribution in [0, 0.1) is 0 Å². The molecular formula is C20H21N3O4. The number of aromatic nitrogens is 1. The Labute approximate surface area is 156 Å². The number of hydrogen-bond donors (Lipinski definition) is 3. The number of nitrogens with one attached hydrogen (secondary N) is 2. The van der Waals surface area contributed by atoms with Crippen molar-refractivity contribution in [3.8, 4) is 0 Å². The van der Waals surface area contributed by atoms with Crippen molar-refractivity contribution in [2.45, 2.75) is 19.8 Å². The molecule has 2 heterocycles. The van der Waals surface area contributed by atoms with Gasteiger partial charge in [0, 0.05) is 17.6 Å². The monoisotopic (exact) mass is 367 g/mol. The summed E-state index contributed by atoms with van der Waals surface area (Å²) < 4.78 is 10.7. The van der Waals surface area contributed by atoms with Crippen LogP contribution in [0.3, 0.4) is 0 Å². The van der Waals surface area contributed by atoms with E-state index in [1.165, 1.54) is 0 Å². The largest absolute Gasteiger partial charge is 0.462 e. The van der Waals surface area contributed by atoms with E-state index >= 15 is 0 Å². The lowest BCUT2D eigenvalue weighted by Gasteiger charge is -2.28. The molecular weight excluding hydrogens is 346 g/mol. The maximum Gasteiger partial charge on any atom is 0.340 e. The van der Waals surface area contributed by atoms with E-state index < -0.39 is 11.9 Å². The lowest BCUT2D eigenvalue weighted by atomic mass is 9.85. The highest BCUT2D eigenvalue weighted by Gasteiger charge is 2.39. The lowest BCUT2D eigenvalue weighted by molar-refractivity contribution is -0.139. The molecule has 0 saturated carbocycles. The van der Waals surface area contributed by atoms with Crippen LogP contribution < -0.4 is 11.1 Å². The van der Waals surface area contributed by atoms with Crippen molar-refractivity contribution in [2.75, 3.05) is 11.9 Å². The molecule has 7 nitrogen and oxygen atoms in total. The van der Waals surface area contributed by atoms with Gasteiger partial charge in [0.15, 0.2) is 0 Å². The molecule has 1 aromatic carbocycles. The Morgan fingerprint density at radius 2 is 1.93 bits per heavy atom. The molecule has 0 radical (unpaired) electrons. The second kappa shape index (κ2) is 7.82. The Bertz CT molecular complexity index is 899. The third-order valence-corrected chi connectivity index (χ3v) is 4.19. The zero-order valence-electron chi connectivity index (χ0n) is 15.1. The number of para-hydroxylation sites is 1. The predicted molar refractivity (Wildman–Crippen MR) is 100 cm³/mol. The molecule has 2 aromatic rings. The molecule has 140 valence electrons. The molecule has 0 spiro atoms. The first-order chi connectivity index (χ1) is 13.0. The van der Waals surface area contributed by atoms with Gasteiger partial charge in [0.25, 0.3) is 5.91 Å². The van der Waals surface area contributed by atoms with Crippen LogP contribution in [0.25, 0.3) is 0 Å². The first kappa shape index (κ1) is 18.3. The second-order valence-electron chi connectivity index (χ2n) is 5.95. The number of rotatable bonds is 5. The van der Waals surface area contributed by atoms with Gasteiger partial charge >= 0.3 is 5.97 Å². The molecule has 1 aliphatic rings. The summed E-state index contributed by atoms with van der Waals surface area (Å²) in [4.78, 5) is 28.6. The summed E-state index contributed by atoms with van der Waals surface area (Å²) in [5, 5.41) is 2.83. The maximum atomic E-state index is 13.0. The Morgan fingerprint density at radius 1 is 1.19 bits per heavy atom. The summed E-state index contributed by atoms with van der Waals surface area (Å²) in [5.41, 5.74) is 7.65. The molecule has 27 heavy (non-hydrogen) atoms. The average Bonchev–Trinajstić information content (AvgIpc) is 3.16. The highest BCUT2D eigenvalue weighted by molar-refractivity contribution is 6.08.